The Kier molecular flexibility index (Phi) is 4.81. The maximum Gasteiger partial charge on any atom is 0.326 e. The van der Waals surface area contributed by atoms with Crippen LogP contribution in [0.3, 0.4) is 0 Å². The zero-order valence-corrected chi connectivity index (χ0v) is 10.8. The first-order valence-corrected chi connectivity index (χ1v) is 6.08. The number of carboxylic acids is 2. The Balaban J connectivity index is 2.71. The van der Waals surface area contributed by atoms with E-state index in [-0.39, 0.29) is 11.4 Å². The number of thiazole rings is 1. The van der Waals surface area contributed by atoms with Crippen molar-refractivity contribution < 1.29 is 24.6 Å². The van der Waals surface area contributed by atoms with Gasteiger partial charge in [-0.25, -0.2) is 4.79 Å². The van der Waals surface area contributed by atoms with Crippen LogP contribution in [0.2, 0.25) is 0 Å². The van der Waals surface area contributed by atoms with Crippen molar-refractivity contribution in [1.29, 1.82) is 0 Å². The molecular weight excluding hydrogens is 276 g/mol. The zero-order chi connectivity index (χ0) is 14.6. The molecule has 1 aromatic heterocycles. The number of nitrogens with zero attached hydrogens (tertiary/aromatic N) is 1. The van der Waals surface area contributed by atoms with Gasteiger partial charge in [-0.1, -0.05) is 11.3 Å². The van der Waals surface area contributed by atoms with E-state index in [1.165, 1.54) is 4.57 Å². The highest BCUT2D eigenvalue weighted by molar-refractivity contribution is 7.07. The highest BCUT2D eigenvalue weighted by Gasteiger charge is 2.23. The summed E-state index contributed by atoms with van der Waals surface area (Å²) in [7, 11) is 0. The molecule has 1 rings (SSSR count). The molecular formula is C10H12N2O6S. The van der Waals surface area contributed by atoms with Gasteiger partial charge in [0, 0.05) is 11.1 Å². The molecule has 19 heavy (non-hydrogen) atoms. The molecule has 1 unspecified atom stereocenters. The lowest BCUT2D eigenvalue weighted by atomic mass is 10.2. The van der Waals surface area contributed by atoms with E-state index in [1.54, 1.807) is 12.3 Å². The minimum Gasteiger partial charge on any atom is -0.481 e. The Morgan fingerprint density at radius 2 is 2.05 bits per heavy atom. The van der Waals surface area contributed by atoms with Crippen molar-refractivity contribution in [2.24, 2.45) is 0 Å². The minimum atomic E-state index is -1.51. The Labute approximate surface area is 111 Å². The summed E-state index contributed by atoms with van der Waals surface area (Å²) in [5.74, 6) is -3.50. The Morgan fingerprint density at radius 3 is 2.47 bits per heavy atom. The molecule has 0 aromatic carbocycles. The molecule has 9 heteroatoms. The maximum absolute atomic E-state index is 11.6. The van der Waals surface area contributed by atoms with Crippen LogP contribution < -0.4 is 10.2 Å². The summed E-state index contributed by atoms with van der Waals surface area (Å²) in [4.78, 5) is 43.8. The van der Waals surface area contributed by atoms with Crippen LogP contribution >= 0.6 is 11.3 Å². The van der Waals surface area contributed by atoms with Crippen LogP contribution in [0.4, 0.5) is 0 Å². The zero-order valence-electron chi connectivity index (χ0n) is 9.95. The van der Waals surface area contributed by atoms with Gasteiger partial charge in [-0.3, -0.25) is 19.0 Å². The number of aliphatic carboxylic acids is 2. The maximum atomic E-state index is 11.6. The van der Waals surface area contributed by atoms with Crippen LogP contribution in [0.5, 0.6) is 0 Å². The van der Waals surface area contributed by atoms with Crippen LogP contribution in [-0.2, 0) is 20.9 Å². The van der Waals surface area contributed by atoms with Gasteiger partial charge in [-0.15, -0.1) is 0 Å². The number of amides is 1. The number of carbonyl (C=O) groups excluding carboxylic acids is 1. The first kappa shape index (κ1) is 14.9. The standard InChI is InChI=1S/C10H12N2O6S/c1-5-4-19-10(18)12(5)3-7(13)11-6(9(16)17)2-8(14)15/h4,6H,2-3H2,1H3,(H,11,13)(H,14,15)(H,16,17). The number of aryl methyl sites for hydroxylation is 1. The third-order valence-electron chi connectivity index (χ3n) is 2.29. The van der Waals surface area contributed by atoms with Crippen LogP contribution in [0.25, 0.3) is 0 Å². The number of rotatable bonds is 6. The van der Waals surface area contributed by atoms with E-state index in [9.17, 15) is 19.2 Å². The average Bonchev–Trinajstić information content (AvgIpc) is 2.59. The number of nitrogens with one attached hydrogen (secondary N) is 1. The lowest BCUT2D eigenvalue weighted by Crippen LogP contribution is -2.44. The van der Waals surface area contributed by atoms with Gasteiger partial charge in [0.1, 0.15) is 12.6 Å². The van der Waals surface area contributed by atoms with Crippen molar-refractivity contribution in [2.45, 2.75) is 25.9 Å². The first-order valence-electron chi connectivity index (χ1n) is 5.20. The summed E-state index contributed by atoms with van der Waals surface area (Å²) in [6, 6.07) is -1.51. The second-order valence-corrected chi connectivity index (χ2v) is 4.61. The normalized spacial score (nSPS) is 11.8. The van der Waals surface area contributed by atoms with Crippen LogP contribution in [-0.4, -0.2) is 38.7 Å². The molecule has 0 fully saturated rings. The smallest absolute Gasteiger partial charge is 0.326 e. The largest absolute Gasteiger partial charge is 0.481 e. The molecule has 8 nitrogen and oxygen atoms in total. The Bertz CT molecular complexity index is 561. The summed E-state index contributed by atoms with van der Waals surface area (Å²) in [6.07, 6.45) is -0.724. The quantitative estimate of drug-likeness (QED) is 0.633. The SMILES string of the molecule is Cc1csc(=O)n1CC(=O)NC(CC(=O)O)C(=O)O. The molecule has 0 aliphatic carbocycles. The van der Waals surface area contributed by atoms with Gasteiger partial charge >= 0.3 is 16.8 Å². The van der Waals surface area contributed by atoms with Crippen molar-refractivity contribution in [2.75, 3.05) is 0 Å². The van der Waals surface area contributed by atoms with Gasteiger partial charge in [-0.2, -0.15) is 0 Å². The number of carbonyl (C=O) groups is 3. The average molecular weight is 288 g/mol. The van der Waals surface area contributed by atoms with Crippen molar-refractivity contribution in [3.63, 3.8) is 0 Å². The number of hydrogen-bond acceptors (Lipinski definition) is 5. The summed E-state index contributed by atoms with van der Waals surface area (Å²) in [6.45, 7) is 1.30. The second-order valence-electron chi connectivity index (χ2n) is 3.79. The molecule has 0 saturated heterocycles. The van der Waals surface area contributed by atoms with Crippen molar-refractivity contribution >= 4 is 29.2 Å². The number of hydrogen-bond donors (Lipinski definition) is 3. The molecule has 1 heterocycles. The van der Waals surface area contributed by atoms with Gasteiger partial charge in [0.25, 0.3) is 0 Å². The molecule has 0 spiro atoms. The molecule has 1 aromatic rings. The van der Waals surface area contributed by atoms with E-state index in [4.69, 9.17) is 10.2 Å². The lowest BCUT2D eigenvalue weighted by Gasteiger charge is -2.12. The highest BCUT2D eigenvalue weighted by atomic mass is 32.1. The molecule has 104 valence electrons. The molecule has 1 atom stereocenters. The summed E-state index contributed by atoms with van der Waals surface area (Å²) in [5, 5.41) is 20.9. The Morgan fingerprint density at radius 1 is 1.42 bits per heavy atom. The van der Waals surface area contributed by atoms with Crippen LogP contribution in [0.1, 0.15) is 12.1 Å². The molecule has 0 aliphatic heterocycles. The Hall–Kier alpha value is -2.16. The van der Waals surface area contributed by atoms with Crippen molar-refractivity contribution in [3.05, 3.63) is 20.7 Å². The van der Waals surface area contributed by atoms with Gasteiger partial charge in [0.15, 0.2) is 0 Å². The van der Waals surface area contributed by atoms with Crippen LogP contribution in [0.15, 0.2) is 10.2 Å². The van der Waals surface area contributed by atoms with Gasteiger partial charge in [-0.05, 0) is 6.92 Å². The number of aromatic nitrogens is 1. The predicted molar refractivity (Wildman–Crippen MR) is 65.1 cm³/mol. The molecule has 0 bridgehead atoms. The summed E-state index contributed by atoms with van der Waals surface area (Å²) in [5.41, 5.74) is 0.579. The van der Waals surface area contributed by atoms with Gasteiger partial charge in [0.05, 0.1) is 6.42 Å². The molecule has 0 radical (unpaired) electrons. The monoisotopic (exact) mass is 288 g/mol. The van der Waals surface area contributed by atoms with E-state index >= 15 is 0 Å². The fourth-order valence-electron chi connectivity index (χ4n) is 1.35. The predicted octanol–water partition coefficient (Wildman–Crippen LogP) is -0.738. The third kappa shape index (κ3) is 4.21. The molecule has 1 amide bonds. The molecule has 0 aliphatic rings. The van der Waals surface area contributed by atoms with Crippen molar-refractivity contribution in [3.8, 4) is 0 Å². The van der Waals surface area contributed by atoms with E-state index < -0.39 is 30.3 Å². The first-order chi connectivity index (χ1) is 8.81. The van der Waals surface area contributed by atoms with Gasteiger partial charge in [0.2, 0.25) is 5.91 Å². The summed E-state index contributed by atoms with van der Waals surface area (Å²) < 4.78 is 1.18. The highest BCUT2D eigenvalue weighted by Crippen LogP contribution is 2.00. The van der Waals surface area contributed by atoms with E-state index in [2.05, 4.69) is 5.32 Å². The summed E-state index contributed by atoms with van der Waals surface area (Å²) >= 11 is 0.926. The molecule has 0 saturated carbocycles. The van der Waals surface area contributed by atoms with E-state index in [0.717, 1.165) is 11.3 Å². The third-order valence-corrected chi connectivity index (χ3v) is 3.17. The fraction of sp³-hybridized carbons (Fsp3) is 0.400. The van der Waals surface area contributed by atoms with E-state index in [0.29, 0.717) is 5.69 Å². The topological polar surface area (TPSA) is 126 Å². The fourth-order valence-corrected chi connectivity index (χ4v) is 2.09. The van der Waals surface area contributed by atoms with Crippen LogP contribution in [0, 0.1) is 6.92 Å². The second kappa shape index (κ2) is 6.14. The van der Waals surface area contributed by atoms with Gasteiger partial charge < -0.3 is 15.5 Å². The minimum absolute atomic E-state index is 0.335. The lowest BCUT2D eigenvalue weighted by molar-refractivity contribution is -0.147. The number of carboxylic acid groups (broad SMARTS) is 2. The van der Waals surface area contributed by atoms with E-state index in [1.807, 2.05) is 0 Å². The molecule has 3 N–H and O–H groups in total. The van der Waals surface area contributed by atoms with Crippen molar-refractivity contribution in [1.82, 2.24) is 9.88 Å².